The Morgan fingerprint density at radius 1 is 1.14 bits per heavy atom. The zero-order valence-electron chi connectivity index (χ0n) is 5.11. The summed E-state index contributed by atoms with van der Waals surface area (Å²) in [6, 6.07) is 0. The lowest BCUT2D eigenvalue weighted by molar-refractivity contribution is 0.612. The largest absolute Gasteiger partial charge is 0.0625 e. The zero-order valence-corrected chi connectivity index (χ0v) is 6.53. The van der Waals surface area contributed by atoms with Crippen molar-refractivity contribution in [3.05, 3.63) is 0 Å². The van der Waals surface area contributed by atoms with Crippen LogP contribution in [-0.2, 0) is 0 Å². The zero-order chi connectivity index (χ0) is 4.41. The van der Waals surface area contributed by atoms with Crippen molar-refractivity contribution in [2.45, 2.75) is 32.6 Å². The number of hydrogen-bond donors (Lipinski definition) is 0. The van der Waals surface area contributed by atoms with Gasteiger partial charge in [0, 0.05) is 23.1 Å². The molecule has 38 valence electrons. The molecule has 7 heavy (non-hydrogen) atoms. The lowest BCUT2D eigenvalue weighted by Gasteiger charge is -1.91. The van der Waals surface area contributed by atoms with E-state index in [2.05, 4.69) is 6.92 Å². The van der Waals surface area contributed by atoms with Crippen LogP contribution in [0.5, 0.6) is 0 Å². The molecule has 1 aliphatic rings. The highest BCUT2D eigenvalue weighted by Gasteiger charge is 2.07. The first kappa shape index (κ1) is 7.77. The minimum atomic E-state index is 0. The Morgan fingerprint density at radius 3 is 1.71 bits per heavy atom. The summed E-state index contributed by atoms with van der Waals surface area (Å²) in [7, 11) is 0. The number of rotatable bonds is 0. The van der Waals surface area contributed by atoms with Crippen LogP contribution < -0.4 is 0 Å². The van der Waals surface area contributed by atoms with Gasteiger partial charge in [-0.15, -0.1) is 0 Å². The molecule has 2 radical (unpaired) electrons. The van der Waals surface area contributed by atoms with E-state index < -0.39 is 0 Å². The second-order valence-corrected chi connectivity index (χ2v) is 2.39. The predicted molar refractivity (Wildman–Crippen MR) is 33.4 cm³/mol. The van der Waals surface area contributed by atoms with Crippen molar-refractivity contribution in [3.63, 3.8) is 0 Å². The van der Waals surface area contributed by atoms with Gasteiger partial charge in [-0.1, -0.05) is 32.6 Å². The molecule has 0 N–H and O–H groups in total. The third kappa shape index (κ3) is 2.55. The Kier molecular flexibility index (Phi) is 4.14. The molecule has 0 aromatic rings. The van der Waals surface area contributed by atoms with E-state index in [9.17, 15) is 0 Å². The Morgan fingerprint density at radius 2 is 1.57 bits per heavy atom. The second kappa shape index (κ2) is 3.73. The van der Waals surface area contributed by atoms with Crippen LogP contribution >= 0.6 is 0 Å². The molecule has 1 fully saturated rings. The van der Waals surface area contributed by atoms with E-state index >= 15 is 0 Å². The van der Waals surface area contributed by atoms with Crippen LogP contribution in [-0.4, -0.2) is 23.1 Å². The lowest BCUT2D eigenvalue weighted by Crippen LogP contribution is -1.78. The summed E-state index contributed by atoms with van der Waals surface area (Å²) >= 11 is 0. The van der Waals surface area contributed by atoms with Crippen LogP contribution in [0.2, 0.25) is 0 Å². The highest BCUT2D eigenvalue weighted by Crippen LogP contribution is 2.22. The van der Waals surface area contributed by atoms with E-state index in [0.29, 0.717) is 0 Å². The Balaban J connectivity index is 0.000000360. The summed E-state index contributed by atoms with van der Waals surface area (Å²) in [5, 5.41) is 0. The van der Waals surface area contributed by atoms with Crippen molar-refractivity contribution in [2.75, 3.05) is 0 Å². The molecule has 0 amide bonds. The smallest absolute Gasteiger partial charge is 0 e. The van der Waals surface area contributed by atoms with Crippen molar-refractivity contribution in [1.82, 2.24) is 0 Å². The minimum absolute atomic E-state index is 0. The Bertz CT molecular complexity index is 37.4. The molecular formula is C6H12Mg. The van der Waals surface area contributed by atoms with Gasteiger partial charge in [-0.05, 0) is 5.92 Å². The van der Waals surface area contributed by atoms with Crippen LogP contribution in [0.15, 0.2) is 0 Å². The first-order valence-corrected chi connectivity index (χ1v) is 2.89. The van der Waals surface area contributed by atoms with Crippen LogP contribution in [0, 0.1) is 5.92 Å². The third-order valence-corrected chi connectivity index (χ3v) is 1.64. The number of hydrogen-bond acceptors (Lipinski definition) is 0. The highest BCUT2D eigenvalue weighted by molar-refractivity contribution is 5.75. The minimum Gasteiger partial charge on any atom is -0.0625 e. The molecule has 0 spiro atoms. The third-order valence-electron chi connectivity index (χ3n) is 1.64. The highest BCUT2D eigenvalue weighted by atomic mass is 24.3. The lowest BCUT2D eigenvalue weighted by atomic mass is 10.2. The topological polar surface area (TPSA) is 0 Å². The normalized spacial score (nSPS) is 21.9. The maximum atomic E-state index is 2.34. The fraction of sp³-hybridized carbons (Fsp3) is 1.00. The maximum Gasteiger partial charge on any atom is 0 e. The standard InChI is InChI=1S/C6H12.Mg/c1-6-4-2-3-5-6;/h6H,2-5H2,1H3;. The van der Waals surface area contributed by atoms with Gasteiger partial charge in [0.25, 0.3) is 0 Å². The van der Waals surface area contributed by atoms with Gasteiger partial charge in [-0.25, -0.2) is 0 Å². The molecule has 1 rings (SSSR count). The SMILES string of the molecule is CC1CCCC1.[Mg]. The van der Waals surface area contributed by atoms with Crippen LogP contribution in [0.4, 0.5) is 0 Å². The van der Waals surface area contributed by atoms with E-state index in [4.69, 9.17) is 0 Å². The monoisotopic (exact) mass is 108 g/mol. The Hall–Kier alpha value is 0.766. The molecule has 0 nitrogen and oxygen atoms in total. The molecule has 0 bridgehead atoms. The van der Waals surface area contributed by atoms with Crippen molar-refractivity contribution >= 4 is 23.1 Å². The van der Waals surface area contributed by atoms with Gasteiger partial charge in [0.05, 0.1) is 0 Å². The molecule has 1 saturated carbocycles. The van der Waals surface area contributed by atoms with E-state index in [1.807, 2.05) is 0 Å². The molecule has 0 unspecified atom stereocenters. The van der Waals surface area contributed by atoms with Gasteiger partial charge >= 0.3 is 0 Å². The van der Waals surface area contributed by atoms with Gasteiger partial charge in [0.15, 0.2) is 0 Å². The average Bonchev–Trinajstić information content (AvgIpc) is 1.86. The molecule has 1 heteroatoms. The fourth-order valence-corrected chi connectivity index (χ4v) is 1.13. The molecule has 0 saturated heterocycles. The van der Waals surface area contributed by atoms with E-state index in [0.717, 1.165) is 5.92 Å². The summed E-state index contributed by atoms with van der Waals surface area (Å²) in [4.78, 5) is 0. The van der Waals surface area contributed by atoms with Crippen molar-refractivity contribution < 1.29 is 0 Å². The van der Waals surface area contributed by atoms with Crippen LogP contribution in [0.3, 0.4) is 0 Å². The summed E-state index contributed by atoms with van der Waals surface area (Å²) in [6.07, 6.45) is 5.95. The molecule has 1 aliphatic carbocycles. The first-order chi connectivity index (χ1) is 2.89. The van der Waals surface area contributed by atoms with E-state index in [1.165, 1.54) is 25.7 Å². The van der Waals surface area contributed by atoms with Crippen molar-refractivity contribution in [3.8, 4) is 0 Å². The van der Waals surface area contributed by atoms with Crippen LogP contribution in [0.25, 0.3) is 0 Å². The maximum absolute atomic E-state index is 2.34. The average molecular weight is 108 g/mol. The quantitative estimate of drug-likeness (QED) is 0.415. The summed E-state index contributed by atoms with van der Waals surface area (Å²) in [5.41, 5.74) is 0. The van der Waals surface area contributed by atoms with E-state index in [-0.39, 0.29) is 23.1 Å². The van der Waals surface area contributed by atoms with Gasteiger partial charge in [-0.3, -0.25) is 0 Å². The Labute approximate surface area is 61.8 Å². The molecule has 0 aromatic heterocycles. The molecule has 0 atom stereocenters. The van der Waals surface area contributed by atoms with Gasteiger partial charge < -0.3 is 0 Å². The molecule has 0 heterocycles. The molecular weight excluding hydrogens is 96.4 g/mol. The summed E-state index contributed by atoms with van der Waals surface area (Å²) < 4.78 is 0. The van der Waals surface area contributed by atoms with Gasteiger partial charge in [0.2, 0.25) is 0 Å². The second-order valence-electron chi connectivity index (χ2n) is 2.39. The molecule has 0 aromatic carbocycles. The predicted octanol–water partition coefficient (Wildman–Crippen LogP) is 1.82. The van der Waals surface area contributed by atoms with Gasteiger partial charge in [-0.2, -0.15) is 0 Å². The van der Waals surface area contributed by atoms with E-state index in [1.54, 1.807) is 0 Å². The van der Waals surface area contributed by atoms with Crippen LogP contribution in [0.1, 0.15) is 32.6 Å². The van der Waals surface area contributed by atoms with Crippen molar-refractivity contribution in [2.24, 2.45) is 5.92 Å². The van der Waals surface area contributed by atoms with Crippen molar-refractivity contribution in [1.29, 1.82) is 0 Å². The molecule has 0 aliphatic heterocycles. The first-order valence-electron chi connectivity index (χ1n) is 2.89. The summed E-state index contributed by atoms with van der Waals surface area (Å²) in [5.74, 6) is 1.05. The fourth-order valence-electron chi connectivity index (χ4n) is 1.13. The summed E-state index contributed by atoms with van der Waals surface area (Å²) in [6.45, 7) is 2.34. The van der Waals surface area contributed by atoms with Gasteiger partial charge in [0.1, 0.15) is 0 Å².